The summed E-state index contributed by atoms with van der Waals surface area (Å²) in [4.78, 5) is 26.0. The van der Waals surface area contributed by atoms with Crippen LogP contribution in [-0.2, 0) is 4.79 Å². The lowest BCUT2D eigenvalue weighted by Crippen LogP contribution is -2.34. The van der Waals surface area contributed by atoms with E-state index < -0.39 is 5.91 Å². The molecule has 0 aliphatic carbocycles. The molecular formula is C19H17ClN2O4. The standard InChI is InChI=1S/C19H17ClN2O4/c1-22(11-18(23)21-14-4-3-5-15(10-14)25-2)19(24)17-9-12-8-13(20)6-7-16(12)26-17/h3-10H,11H2,1-2H3,(H,21,23). The molecule has 0 spiro atoms. The number of hydrogen-bond donors (Lipinski definition) is 1. The number of benzene rings is 2. The summed E-state index contributed by atoms with van der Waals surface area (Å²) in [5, 5.41) is 4.02. The summed E-state index contributed by atoms with van der Waals surface area (Å²) < 4.78 is 10.7. The zero-order valence-electron chi connectivity index (χ0n) is 14.3. The Morgan fingerprint density at radius 3 is 2.77 bits per heavy atom. The van der Waals surface area contributed by atoms with Crippen LogP contribution in [0.4, 0.5) is 5.69 Å². The first kappa shape index (κ1) is 17.8. The van der Waals surface area contributed by atoms with Crippen molar-refractivity contribution < 1.29 is 18.7 Å². The summed E-state index contributed by atoms with van der Waals surface area (Å²) in [6.45, 7) is -0.117. The molecule has 2 aromatic carbocycles. The molecule has 3 rings (SSSR count). The summed E-state index contributed by atoms with van der Waals surface area (Å²) >= 11 is 5.94. The van der Waals surface area contributed by atoms with Crippen molar-refractivity contribution in [3.05, 3.63) is 59.3 Å². The maximum atomic E-state index is 12.5. The Morgan fingerprint density at radius 2 is 2.00 bits per heavy atom. The van der Waals surface area contributed by atoms with Gasteiger partial charge in [0.2, 0.25) is 5.91 Å². The second kappa shape index (κ2) is 7.49. The molecule has 2 amide bonds. The number of anilines is 1. The second-order valence-electron chi connectivity index (χ2n) is 5.73. The molecule has 0 saturated carbocycles. The van der Waals surface area contributed by atoms with Crippen LogP contribution in [0.15, 0.2) is 52.9 Å². The predicted molar refractivity (Wildman–Crippen MR) is 99.8 cm³/mol. The quantitative estimate of drug-likeness (QED) is 0.739. The van der Waals surface area contributed by atoms with E-state index in [1.54, 1.807) is 55.6 Å². The Hall–Kier alpha value is -2.99. The Morgan fingerprint density at radius 1 is 1.19 bits per heavy atom. The van der Waals surface area contributed by atoms with Gasteiger partial charge in [-0.3, -0.25) is 9.59 Å². The molecule has 1 N–H and O–H groups in total. The van der Waals surface area contributed by atoms with Crippen LogP contribution in [0.5, 0.6) is 5.75 Å². The van der Waals surface area contributed by atoms with E-state index in [9.17, 15) is 9.59 Å². The van der Waals surface area contributed by atoms with Crippen molar-refractivity contribution in [2.75, 3.05) is 26.0 Å². The van der Waals surface area contributed by atoms with Crippen LogP contribution >= 0.6 is 11.6 Å². The monoisotopic (exact) mass is 372 g/mol. The van der Waals surface area contributed by atoms with Crippen molar-refractivity contribution in [3.8, 4) is 5.75 Å². The zero-order valence-corrected chi connectivity index (χ0v) is 15.0. The SMILES string of the molecule is COc1cccc(NC(=O)CN(C)C(=O)c2cc3cc(Cl)ccc3o2)c1. The summed E-state index contributed by atoms with van der Waals surface area (Å²) in [6, 6.07) is 13.7. The van der Waals surface area contributed by atoms with Crippen molar-refractivity contribution in [2.45, 2.75) is 0 Å². The average molecular weight is 373 g/mol. The molecule has 0 aliphatic rings. The van der Waals surface area contributed by atoms with E-state index in [4.69, 9.17) is 20.8 Å². The van der Waals surface area contributed by atoms with Crippen molar-refractivity contribution >= 4 is 40.1 Å². The van der Waals surface area contributed by atoms with Gasteiger partial charge in [-0.1, -0.05) is 17.7 Å². The van der Waals surface area contributed by atoms with Gasteiger partial charge in [-0.15, -0.1) is 0 Å². The highest BCUT2D eigenvalue weighted by Gasteiger charge is 2.19. The first-order chi connectivity index (χ1) is 12.5. The van der Waals surface area contributed by atoms with E-state index in [-0.39, 0.29) is 18.2 Å². The summed E-state index contributed by atoms with van der Waals surface area (Å²) in [5.41, 5.74) is 1.15. The Kier molecular flexibility index (Phi) is 5.14. The van der Waals surface area contributed by atoms with Crippen molar-refractivity contribution in [1.82, 2.24) is 4.90 Å². The Balaban J connectivity index is 1.66. The topological polar surface area (TPSA) is 71.8 Å². The van der Waals surface area contributed by atoms with Gasteiger partial charge in [0.15, 0.2) is 5.76 Å². The molecule has 0 bridgehead atoms. The molecule has 1 aromatic heterocycles. The molecule has 0 aliphatic heterocycles. The van der Waals surface area contributed by atoms with Crippen LogP contribution in [-0.4, -0.2) is 37.4 Å². The molecular weight excluding hydrogens is 356 g/mol. The molecule has 0 fully saturated rings. The predicted octanol–water partition coefficient (Wildman–Crippen LogP) is 3.81. The fourth-order valence-electron chi connectivity index (χ4n) is 2.50. The highest BCUT2D eigenvalue weighted by molar-refractivity contribution is 6.31. The van der Waals surface area contributed by atoms with Gasteiger partial charge < -0.3 is 19.4 Å². The first-order valence-electron chi connectivity index (χ1n) is 7.85. The highest BCUT2D eigenvalue weighted by atomic mass is 35.5. The fraction of sp³-hybridized carbons (Fsp3) is 0.158. The third kappa shape index (κ3) is 3.97. The van der Waals surface area contributed by atoms with Gasteiger partial charge in [0.05, 0.1) is 13.7 Å². The largest absolute Gasteiger partial charge is 0.497 e. The number of nitrogens with zero attached hydrogens (tertiary/aromatic N) is 1. The van der Waals surface area contributed by atoms with E-state index in [2.05, 4.69) is 5.32 Å². The number of amides is 2. The van der Waals surface area contributed by atoms with Crippen LogP contribution < -0.4 is 10.1 Å². The third-order valence-electron chi connectivity index (χ3n) is 3.77. The molecule has 0 atom stereocenters. The lowest BCUT2D eigenvalue weighted by molar-refractivity contribution is -0.116. The molecule has 3 aromatic rings. The number of ether oxygens (including phenoxy) is 1. The maximum absolute atomic E-state index is 12.5. The van der Waals surface area contributed by atoms with Gasteiger partial charge >= 0.3 is 0 Å². The summed E-state index contributed by atoms with van der Waals surface area (Å²) in [5.74, 6) is 0.0680. The van der Waals surface area contributed by atoms with E-state index in [1.165, 1.54) is 11.9 Å². The van der Waals surface area contributed by atoms with Crippen molar-refractivity contribution in [3.63, 3.8) is 0 Å². The van der Waals surface area contributed by atoms with Gasteiger partial charge in [0, 0.05) is 29.2 Å². The van der Waals surface area contributed by atoms with Gasteiger partial charge in [-0.2, -0.15) is 0 Å². The second-order valence-corrected chi connectivity index (χ2v) is 6.17. The number of methoxy groups -OCH3 is 1. The van der Waals surface area contributed by atoms with Crippen LogP contribution in [0.1, 0.15) is 10.6 Å². The number of carbonyl (C=O) groups excluding carboxylic acids is 2. The van der Waals surface area contributed by atoms with Crippen molar-refractivity contribution in [1.29, 1.82) is 0 Å². The number of halogens is 1. The lowest BCUT2D eigenvalue weighted by Gasteiger charge is -2.15. The van der Waals surface area contributed by atoms with Crippen LogP contribution in [0.25, 0.3) is 11.0 Å². The molecule has 134 valence electrons. The molecule has 26 heavy (non-hydrogen) atoms. The number of carbonyl (C=O) groups is 2. The van der Waals surface area contributed by atoms with Crippen LogP contribution in [0.3, 0.4) is 0 Å². The molecule has 7 heteroatoms. The molecule has 0 radical (unpaired) electrons. The Bertz CT molecular complexity index is 967. The number of nitrogens with one attached hydrogen (secondary N) is 1. The molecule has 6 nitrogen and oxygen atoms in total. The maximum Gasteiger partial charge on any atom is 0.289 e. The zero-order chi connectivity index (χ0) is 18.7. The normalized spacial score (nSPS) is 10.6. The minimum Gasteiger partial charge on any atom is -0.497 e. The smallest absolute Gasteiger partial charge is 0.289 e. The molecule has 0 saturated heterocycles. The van der Waals surface area contributed by atoms with Crippen LogP contribution in [0.2, 0.25) is 5.02 Å². The highest BCUT2D eigenvalue weighted by Crippen LogP contribution is 2.23. The lowest BCUT2D eigenvalue weighted by atomic mass is 10.2. The minimum absolute atomic E-state index is 0.117. The molecule has 0 unspecified atom stereocenters. The third-order valence-corrected chi connectivity index (χ3v) is 4.01. The van der Waals surface area contributed by atoms with E-state index in [0.29, 0.717) is 22.0 Å². The summed E-state index contributed by atoms with van der Waals surface area (Å²) in [7, 11) is 3.08. The van der Waals surface area contributed by atoms with E-state index >= 15 is 0 Å². The van der Waals surface area contributed by atoms with Gasteiger partial charge in [0.25, 0.3) is 5.91 Å². The van der Waals surface area contributed by atoms with Crippen molar-refractivity contribution in [2.24, 2.45) is 0 Å². The average Bonchev–Trinajstić information content (AvgIpc) is 3.04. The van der Waals surface area contributed by atoms with Gasteiger partial charge in [-0.25, -0.2) is 0 Å². The number of hydrogen-bond acceptors (Lipinski definition) is 4. The number of likely N-dealkylation sites (N-methyl/N-ethyl adjacent to an activating group) is 1. The first-order valence-corrected chi connectivity index (χ1v) is 8.22. The minimum atomic E-state index is -0.391. The van der Waals surface area contributed by atoms with E-state index in [1.807, 2.05) is 0 Å². The fourth-order valence-corrected chi connectivity index (χ4v) is 2.68. The van der Waals surface area contributed by atoms with E-state index in [0.717, 1.165) is 5.39 Å². The summed E-state index contributed by atoms with van der Waals surface area (Å²) in [6.07, 6.45) is 0. The number of rotatable bonds is 5. The van der Waals surface area contributed by atoms with Gasteiger partial charge in [0.1, 0.15) is 11.3 Å². The number of furan rings is 1. The number of fused-ring (bicyclic) bond motifs is 1. The molecule has 1 heterocycles. The Labute approximate surface area is 155 Å². The van der Waals surface area contributed by atoms with Gasteiger partial charge in [-0.05, 0) is 36.4 Å². The van der Waals surface area contributed by atoms with Crippen LogP contribution in [0, 0.1) is 0 Å².